The summed E-state index contributed by atoms with van der Waals surface area (Å²) in [5.41, 5.74) is 23.0. The van der Waals surface area contributed by atoms with Crippen molar-refractivity contribution in [3.8, 4) is 5.75 Å². The largest absolute Gasteiger partial charge is 0.487 e. The fourth-order valence-electron chi connectivity index (χ4n) is 3.39. The van der Waals surface area contributed by atoms with Crippen LogP contribution in [0.3, 0.4) is 0 Å². The number of nitrogens with two attached hydrogens (primary N) is 3. The topological polar surface area (TPSA) is 137 Å². The highest BCUT2D eigenvalue weighted by Crippen LogP contribution is 2.26. The molecule has 8 N–H and O–H groups in total. The van der Waals surface area contributed by atoms with E-state index in [4.69, 9.17) is 21.9 Å². The van der Waals surface area contributed by atoms with Gasteiger partial charge in [0, 0.05) is 30.6 Å². The minimum absolute atomic E-state index is 0.210. The Bertz CT molecular complexity index is 1130. The Hall–Kier alpha value is -4.20. The smallest absolute Gasteiger partial charge is 0.128 e. The van der Waals surface area contributed by atoms with E-state index in [0.29, 0.717) is 11.5 Å². The Morgan fingerprint density at radius 1 is 1.26 bits per heavy atom. The number of hydrogen-bond acceptors (Lipinski definition) is 8. The van der Waals surface area contributed by atoms with E-state index < -0.39 is 0 Å². The average molecular weight is 460 g/mol. The molecule has 0 saturated carbocycles. The Morgan fingerprint density at radius 2 is 2.03 bits per heavy atom. The van der Waals surface area contributed by atoms with Crippen LogP contribution in [0.4, 0.5) is 5.69 Å². The standard InChI is InChI=1S/C26H33N7O/c1-17(2)18(13-27)12-25(29)33-26-10-9-23-24(32-26)11-19(14-31-23)21(15-30-3)22(28)16-34-20-7-5-4-6-8-20/h4-15,17,26,32-33H,16,27-29H2,1-3H3/b18-13+,22-21?,25-12+,30-15?. The first-order chi connectivity index (χ1) is 16.4. The number of aromatic nitrogens is 1. The highest BCUT2D eigenvalue weighted by Gasteiger charge is 2.16. The van der Waals surface area contributed by atoms with Crippen LogP contribution in [-0.2, 0) is 0 Å². The minimum atomic E-state index is -0.210. The van der Waals surface area contributed by atoms with Crippen molar-refractivity contribution in [1.82, 2.24) is 10.3 Å². The lowest BCUT2D eigenvalue weighted by molar-refractivity contribution is 0.351. The molecule has 2 aromatic rings. The summed E-state index contributed by atoms with van der Waals surface area (Å²) in [6, 6.07) is 11.5. The molecule has 0 amide bonds. The van der Waals surface area contributed by atoms with Gasteiger partial charge in [-0.05, 0) is 54.1 Å². The zero-order valence-corrected chi connectivity index (χ0v) is 19.8. The number of fused-ring (bicyclic) bond motifs is 1. The molecule has 0 bridgehead atoms. The number of pyridine rings is 1. The number of rotatable bonds is 9. The van der Waals surface area contributed by atoms with E-state index in [0.717, 1.165) is 33.8 Å². The van der Waals surface area contributed by atoms with Gasteiger partial charge in [-0.3, -0.25) is 9.98 Å². The number of nitrogens with zero attached hydrogens (tertiary/aromatic N) is 2. The Labute approximate surface area is 201 Å². The molecular weight excluding hydrogens is 426 g/mol. The number of allylic oxidation sites excluding steroid dienone is 3. The fraction of sp³-hybridized carbons (Fsp3) is 0.231. The molecule has 8 heteroatoms. The van der Waals surface area contributed by atoms with Crippen molar-refractivity contribution in [3.05, 3.63) is 89.3 Å². The molecule has 0 aliphatic carbocycles. The number of aliphatic imine (C=N–C) groups is 1. The van der Waals surface area contributed by atoms with Gasteiger partial charge in [0.2, 0.25) is 0 Å². The molecule has 1 unspecified atom stereocenters. The zero-order chi connectivity index (χ0) is 24.5. The number of ether oxygens (including phenoxy) is 1. The molecule has 0 fully saturated rings. The third kappa shape index (κ3) is 6.41. The summed E-state index contributed by atoms with van der Waals surface area (Å²) in [6.45, 7) is 4.35. The van der Waals surface area contributed by atoms with E-state index in [1.165, 1.54) is 0 Å². The van der Waals surface area contributed by atoms with E-state index in [1.807, 2.05) is 54.6 Å². The first-order valence-corrected chi connectivity index (χ1v) is 11.1. The lowest BCUT2D eigenvalue weighted by atomic mass is 10.0. The van der Waals surface area contributed by atoms with Crippen LogP contribution < -0.4 is 32.6 Å². The van der Waals surface area contributed by atoms with Gasteiger partial charge in [0.1, 0.15) is 18.5 Å². The van der Waals surface area contributed by atoms with Gasteiger partial charge in [0.25, 0.3) is 0 Å². The lowest BCUT2D eigenvalue weighted by Gasteiger charge is -2.24. The second-order valence-corrected chi connectivity index (χ2v) is 8.13. The van der Waals surface area contributed by atoms with Crippen molar-refractivity contribution in [3.63, 3.8) is 0 Å². The van der Waals surface area contributed by atoms with Crippen molar-refractivity contribution in [1.29, 1.82) is 0 Å². The van der Waals surface area contributed by atoms with Gasteiger partial charge in [-0.25, -0.2) is 0 Å². The summed E-state index contributed by atoms with van der Waals surface area (Å²) in [7, 11) is 1.70. The normalized spacial score (nSPS) is 16.8. The van der Waals surface area contributed by atoms with Crippen LogP contribution in [0.5, 0.6) is 5.75 Å². The van der Waals surface area contributed by atoms with E-state index in [2.05, 4.69) is 34.5 Å². The molecule has 1 atom stereocenters. The van der Waals surface area contributed by atoms with Crippen molar-refractivity contribution >= 4 is 23.6 Å². The first-order valence-electron chi connectivity index (χ1n) is 11.1. The second kappa shape index (κ2) is 11.6. The maximum absolute atomic E-state index is 6.39. The van der Waals surface area contributed by atoms with Crippen LogP contribution in [0.2, 0.25) is 0 Å². The molecular formula is C26H33N7O. The van der Waals surface area contributed by atoms with E-state index in [1.54, 1.807) is 25.7 Å². The summed E-state index contributed by atoms with van der Waals surface area (Å²) < 4.78 is 5.81. The summed E-state index contributed by atoms with van der Waals surface area (Å²) in [5.74, 6) is 1.54. The second-order valence-electron chi connectivity index (χ2n) is 8.13. The van der Waals surface area contributed by atoms with Gasteiger partial charge in [0.05, 0.1) is 22.9 Å². The van der Waals surface area contributed by atoms with E-state index in [-0.39, 0.29) is 18.7 Å². The van der Waals surface area contributed by atoms with Crippen LogP contribution in [-0.4, -0.2) is 31.0 Å². The molecule has 0 radical (unpaired) electrons. The predicted molar refractivity (Wildman–Crippen MR) is 141 cm³/mol. The fourth-order valence-corrected chi connectivity index (χ4v) is 3.39. The maximum atomic E-state index is 6.39. The molecule has 178 valence electrons. The van der Waals surface area contributed by atoms with Crippen molar-refractivity contribution in [2.45, 2.75) is 20.0 Å². The number of nitrogens with one attached hydrogen (secondary N) is 2. The van der Waals surface area contributed by atoms with Gasteiger partial charge < -0.3 is 32.6 Å². The SMILES string of the molecule is CN=CC(=C(N)COc1ccccc1)c1cnc2c(c1)NC(N/C(N)=C/C(=C\N)C(C)C)C=C2. The van der Waals surface area contributed by atoms with E-state index in [9.17, 15) is 0 Å². The highest BCUT2D eigenvalue weighted by molar-refractivity contribution is 6.11. The van der Waals surface area contributed by atoms with Gasteiger partial charge in [-0.1, -0.05) is 32.0 Å². The molecule has 3 rings (SSSR count). The molecule has 2 heterocycles. The van der Waals surface area contributed by atoms with Gasteiger partial charge in [-0.15, -0.1) is 0 Å². The summed E-state index contributed by atoms with van der Waals surface area (Å²) in [4.78, 5) is 8.75. The van der Waals surface area contributed by atoms with Crippen molar-refractivity contribution in [2.24, 2.45) is 28.1 Å². The predicted octanol–water partition coefficient (Wildman–Crippen LogP) is 3.18. The monoisotopic (exact) mass is 459 g/mol. The number of para-hydroxylation sites is 1. The molecule has 8 nitrogen and oxygen atoms in total. The number of benzene rings is 1. The van der Waals surface area contributed by atoms with E-state index >= 15 is 0 Å². The molecule has 1 aromatic carbocycles. The summed E-state index contributed by atoms with van der Waals surface area (Å²) in [5, 5.41) is 6.66. The van der Waals surface area contributed by atoms with Crippen LogP contribution >= 0.6 is 0 Å². The number of hydrogen-bond donors (Lipinski definition) is 5. The maximum Gasteiger partial charge on any atom is 0.128 e. The van der Waals surface area contributed by atoms with Crippen molar-refractivity contribution < 1.29 is 4.74 Å². The molecule has 0 spiro atoms. The summed E-state index contributed by atoms with van der Waals surface area (Å²) >= 11 is 0. The molecule has 1 aromatic heterocycles. The number of anilines is 1. The Balaban J connectivity index is 1.78. The third-order valence-corrected chi connectivity index (χ3v) is 5.23. The van der Waals surface area contributed by atoms with Crippen molar-refractivity contribution in [2.75, 3.05) is 19.0 Å². The Morgan fingerprint density at radius 3 is 2.71 bits per heavy atom. The van der Waals surface area contributed by atoms with Crippen LogP contribution in [0.25, 0.3) is 11.6 Å². The lowest BCUT2D eigenvalue weighted by Crippen LogP contribution is -2.38. The quantitative estimate of drug-likeness (QED) is 0.287. The van der Waals surface area contributed by atoms with Gasteiger partial charge in [0.15, 0.2) is 0 Å². The molecule has 34 heavy (non-hydrogen) atoms. The first kappa shape index (κ1) is 24.4. The van der Waals surface area contributed by atoms with Crippen LogP contribution in [0.15, 0.2) is 83.0 Å². The molecule has 1 aliphatic rings. The van der Waals surface area contributed by atoms with Gasteiger partial charge in [-0.2, -0.15) is 0 Å². The van der Waals surface area contributed by atoms with Crippen LogP contribution in [0, 0.1) is 5.92 Å². The highest BCUT2D eigenvalue weighted by atomic mass is 16.5. The molecule has 1 aliphatic heterocycles. The summed E-state index contributed by atoms with van der Waals surface area (Å²) in [6.07, 6.45) is 10.6. The van der Waals surface area contributed by atoms with Crippen LogP contribution in [0.1, 0.15) is 25.1 Å². The Kier molecular flexibility index (Phi) is 8.34. The average Bonchev–Trinajstić information content (AvgIpc) is 2.84. The zero-order valence-electron chi connectivity index (χ0n) is 19.8. The third-order valence-electron chi connectivity index (χ3n) is 5.23. The minimum Gasteiger partial charge on any atom is -0.487 e. The molecule has 0 saturated heterocycles. The van der Waals surface area contributed by atoms with Gasteiger partial charge >= 0.3 is 0 Å².